The summed E-state index contributed by atoms with van der Waals surface area (Å²) in [6.07, 6.45) is 6.70. The Kier molecular flexibility index (Phi) is 23.2. The van der Waals surface area contributed by atoms with Gasteiger partial charge in [0.1, 0.15) is 30.1 Å². The highest BCUT2D eigenvalue weighted by Gasteiger charge is 2.56. The Morgan fingerprint density at radius 3 is 2.17 bits per heavy atom. The predicted molar refractivity (Wildman–Crippen MR) is 261 cm³/mol. The number of rotatable bonds is 10. The fourth-order valence-electron chi connectivity index (χ4n) is 11.2. The first-order chi connectivity index (χ1) is 32.9. The first-order valence-corrected chi connectivity index (χ1v) is 25.3. The van der Waals surface area contributed by atoms with E-state index in [1.165, 1.54) is 14.2 Å². The minimum Gasteiger partial charge on any atom is -0.456 e. The van der Waals surface area contributed by atoms with Crippen LogP contribution in [0.4, 0.5) is 4.79 Å². The number of aliphatic hydroxyl groups excluding tert-OH is 3. The Bertz CT molecular complexity index is 1830. The zero-order valence-corrected chi connectivity index (χ0v) is 42.3. The number of likely N-dealkylation sites (tertiary alicyclic amines) is 1. The van der Waals surface area contributed by atoms with Crippen molar-refractivity contribution in [3.63, 3.8) is 0 Å². The van der Waals surface area contributed by atoms with E-state index >= 15 is 0 Å². The number of piperidine rings is 2. The molecule has 5 rings (SSSR count). The topological polar surface area (TPSA) is 228 Å². The van der Waals surface area contributed by atoms with Gasteiger partial charge in [0.05, 0.1) is 31.0 Å². The van der Waals surface area contributed by atoms with Crippen LogP contribution in [0, 0.1) is 35.5 Å². The molecule has 5 aliphatic rings. The number of esters is 1. The number of allylic oxidation sites excluding steroid dienone is 4. The van der Waals surface area contributed by atoms with Gasteiger partial charge in [-0.2, -0.15) is 0 Å². The van der Waals surface area contributed by atoms with Crippen molar-refractivity contribution in [3.8, 4) is 0 Å². The van der Waals surface area contributed by atoms with Crippen LogP contribution < -0.4 is 0 Å². The SMILES string of the molecule is C.CO[C@H]1C[C@@H](C)C/C(C)=C/[C@@H](C/C=C/CO)C(=O)C[C@H](O)[C@@H](C)[C@@H](/C(C)=C/[C@@H]2CC[C@@H](OC(=O)N3CCC(CO)CC3)[C@H](OC)C2)OC(=O)[C@@H]2CCCCN2C(=O)C(=O)[C@]2(O)O[C@H]1[C@@H](OC)C[C@H]2C. The van der Waals surface area contributed by atoms with E-state index in [1.807, 2.05) is 26.0 Å². The molecule has 4 heterocycles. The van der Waals surface area contributed by atoms with Crippen LogP contribution in [0.5, 0.6) is 0 Å². The number of amides is 2. The second-order valence-electron chi connectivity index (χ2n) is 20.6. The molecule has 0 aromatic carbocycles. The summed E-state index contributed by atoms with van der Waals surface area (Å²) in [5.41, 5.74) is 1.51. The van der Waals surface area contributed by atoms with Crippen LogP contribution in [0.15, 0.2) is 35.5 Å². The summed E-state index contributed by atoms with van der Waals surface area (Å²) in [5, 5.41) is 43.2. The molecule has 0 aromatic heterocycles. The Morgan fingerprint density at radius 2 is 1.53 bits per heavy atom. The van der Waals surface area contributed by atoms with Gasteiger partial charge in [0.2, 0.25) is 5.79 Å². The van der Waals surface area contributed by atoms with Gasteiger partial charge in [0.15, 0.2) is 0 Å². The maximum absolute atomic E-state index is 14.6. The van der Waals surface area contributed by atoms with Crippen molar-refractivity contribution >= 4 is 29.5 Å². The minimum atomic E-state index is -2.55. The summed E-state index contributed by atoms with van der Waals surface area (Å²) >= 11 is 0. The molecule has 1 aliphatic carbocycles. The molecule has 4 N–H and O–H groups in total. The number of methoxy groups -OCH3 is 3. The molecule has 3 saturated heterocycles. The molecule has 4 fully saturated rings. The Labute approximate surface area is 416 Å². The van der Waals surface area contributed by atoms with Crippen molar-refractivity contribution in [1.82, 2.24) is 9.80 Å². The molecule has 17 heteroatoms. The summed E-state index contributed by atoms with van der Waals surface area (Å²) in [6, 6.07) is -1.20. The van der Waals surface area contributed by atoms with Gasteiger partial charge in [-0.1, -0.05) is 58.1 Å². The van der Waals surface area contributed by atoms with E-state index in [4.69, 9.17) is 28.4 Å². The zero-order valence-electron chi connectivity index (χ0n) is 42.3. The third-order valence-electron chi connectivity index (χ3n) is 15.5. The molecule has 4 aliphatic heterocycles. The van der Waals surface area contributed by atoms with Gasteiger partial charge in [-0.05, 0) is 114 Å². The average Bonchev–Trinajstić information content (AvgIpc) is 3.34. The molecule has 0 aromatic rings. The molecule has 0 spiro atoms. The largest absolute Gasteiger partial charge is 0.456 e. The normalized spacial score (nSPS) is 37.1. The van der Waals surface area contributed by atoms with Gasteiger partial charge >= 0.3 is 12.1 Å². The van der Waals surface area contributed by atoms with Crippen molar-refractivity contribution in [2.75, 3.05) is 54.2 Å². The highest BCUT2D eigenvalue weighted by Crippen LogP contribution is 2.40. The molecular formula is C53H86N2O15. The number of fused-ring (bicyclic) bond motifs is 3. The molecule has 2 amide bonds. The average molecular weight is 991 g/mol. The number of hydrogen-bond acceptors (Lipinski definition) is 15. The summed E-state index contributed by atoms with van der Waals surface area (Å²) in [6.45, 7) is 10.0. The van der Waals surface area contributed by atoms with Crippen molar-refractivity contribution in [3.05, 3.63) is 35.5 Å². The molecule has 398 valence electrons. The number of carbonyl (C=O) groups excluding carboxylic acids is 5. The maximum Gasteiger partial charge on any atom is 0.410 e. The van der Waals surface area contributed by atoms with E-state index in [0.29, 0.717) is 76.5 Å². The molecular weight excluding hydrogens is 905 g/mol. The summed E-state index contributed by atoms with van der Waals surface area (Å²) in [5.74, 6) is -8.16. The fraction of sp³-hybridized carbons (Fsp3) is 0.792. The van der Waals surface area contributed by atoms with Gasteiger partial charge in [-0.3, -0.25) is 14.4 Å². The lowest BCUT2D eigenvalue weighted by molar-refractivity contribution is -0.302. The predicted octanol–water partition coefficient (Wildman–Crippen LogP) is 5.49. The number of hydrogen-bond donors (Lipinski definition) is 4. The van der Waals surface area contributed by atoms with E-state index in [0.717, 1.165) is 10.5 Å². The number of carbonyl (C=O) groups is 5. The molecule has 0 radical (unpaired) electrons. The smallest absolute Gasteiger partial charge is 0.410 e. The summed E-state index contributed by atoms with van der Waals surface area (Å²) in [7, 11) is 4.60. The van der Waals surface area contributed by atoms with Crippen LogP contribution >= 0.6 is 0 Å². The van der Waals surface area contributed by atoms with Crippen molar-refractivity contribution in [1.29, 1.82) is 0 Å². The summed E-state index contributed by atoms with van der Waals surface area (Å²) in [4.78, 5) is 73.6. The lowest BCUT2D eigenvalue weighted by Crippen LogP contribution is -2.64. The van der Waals surface area contributed by atoms with Gasteiger partial charge in [0, 0.05) is 71.7 Å². The number of ether oxygens (including phenoxy) is 6. The van der Waals surface area contributed by atoms with Crippen LogP contribution in [0.25, 0.3) is 0 Å². The van der Waals surface area contributed by atoms with Gasteiger partial charge in [0.25, 0.3) is 11.7 Å². The fourth-order valence-corrected chi connectivity index (χ4v) is 11.2. The molecule has 70 heavy (non-hydrogen) atoms. The molecule has 14 atom stereocenters. The van der Waals surface area contributed by atoms with E-state index in [-0.39, 0.29) is 76.4 Å². The highest BCUT2D eigenvalue weighted by atomic mass is 16.7. The molecule has 17 nitrogen and oxygen atoms in total. The molecule has 0 unspecified atom stereocenters. The number of nitrogens with zero attached hydrogens (tertiary/aromatic N) is 2. The van der Waals surface area contributed by atoms with Crippen molar-refractivity contribution in [2.45, 2.75) is 180 Å². The number of cyclic esters (lactones) is 1. The summed E-state index contributed by atoms with van der Waals surface area (Å²) < 4.78 is 36.3. The van der Waals surface area contributed by atoms with Gasteiger partial charge < -0.3 is 58.6 Å². The van der Waals surface area contributed by atoms with E-state index < -0.39 is 96.1 Å². The zero-order chi connectivity index (χ0) is 50.6. The van der Waals surface area contributed by atoms with Gasteiger partial charge in [-0.25, -0.2) is 9.59 Å². The quantitative estimate of drug-likeness (QED) is 0.121. The van der Waals surface area contributed by atoms with Crippen LogP contribution in [0.1, 0.15) is 126 Å². The Morgan fingerprint density at radius 1 is 0.857 bits per heavy atom. The second kappa shape index (κ2) is 27.5. The third kappa shape index (κ3) is 14.8. The van der Waals surface area contributed by atoms with Crippen LogP contribution in [0.2, 0.25) is 0 Å². The van der Waals surface area contributed by atoms with Gasteiger partial charge in [-0.15, -0.1) is 0 Å². The number of Topliss-reactive ketones (excluding diaryl/α,β-unsaturated/α-hetero) is 2. The molecule has 2 bridgehead atoms. The standard InChI is InChI=1S/C52H82N2O15.CH4/c1-31-23-32(2)25-44(65-7)47-45(66-8)27-34(4)52(63,69-47)48(59)49(60)54-19-11-9-14-39(54)50(61)68-46(35(5)40(57)29-41(58)38(24-31)13-10-12-22-55)33(3)26-37-15-16-42(43(28-37)64-6)67-51(62)53-20-17-36(30-56)18-21-53;/h10,12,24,26,32,34-40,42-47,55-57,63H,9,11,13-23,25,27-30H2,1-8H3;1H4/b12-10+,31-24+,33-26+;/t32-,34+,35+,37-,38+,39-,40-,42+,43+,44-,45-,46+,47+,52+;/m0./s1. The lowest BCUT2D eigenvalue weighted by Gasteiger charge is -2.47. The lowest BCUT2D eigenvalue weighted by atomic mass is 9.81. The van der Waals surface area contributed by atoms with Crippen LogP contribution in [-0.4, -0.2) is 168 Å². The van der Waals surface area contributed by atoms with E-state index in [2.05, 4.69) is 0 Å². The molecule has 1 saturated carbocycles. The Balaban J connectivity index is 0.0000107. The highest BCUT2D eigenvalue weighted by molar-refractivity contribution is 6.39. The monoisotopic (exact) mass is 991 g/mol. The Hall–Kier alpha value is -3.55. The van der Waals surface area contributed by atoms with Crippen molar-refractivity contribution < 1.29 is 72.8 Å². The van der Waals surface area contributed by atoms with Crippen LogP contribution in [-0.2, 0) is 47.6 Å². The first kappa shape index (κ1) is 59.0. The number of ketones is 2. The van der Waals surface area contributed by atoms with E-state index in [1.54, 1.807) is 44.9 Å². The first-order valence-electron chi connectivity index (χ1n) is 25.3. The van der Waals surface area contributed by atoms with Crippen molar-refractivity contribution in [2.24, 2.45) is 35.5 Å². The number of aliphatic hydroxyl groups is 4. The van der Waals surface area contributed by atoms with Crippen LogP contribution in [0.3, 0.4) is 0 Å². The maximum atomic E-state index is 14.6. The third-order valence-corrected chi connectivity index (χ3v) is 15.5. The minimum absolute atomic E-state index is 0. The second-order valence-corrected chi connectivity index (χ2v) is 20.6. The van der Waals surface area contributed by atoms with E-state index in [9.17, 15) is 44.4 Å².